The fourth-order valence-electron chi connectivity index (χ4n) is 2.16. The fourth-order valence-corrected chi connectivity index (χ4v) is 2.16. The molecule has 0 aliphatic carbocycles. The third-order valence-electron chi connectivity index (χ3n) is 3.43. The molecule has 1 aliphatic rings. The highest BCUT2D eigenvalue weighted by molar-refractivity contribution is 5.45. The van der Waals surface area contributed by atoms with Crippen molar-refractivity contribution in [2.24, 2.45) is 0 Å². The van der Waals surface area contributed by atoms with E-state index in [9.17, 15) is 4.79 Å². The Bertz CT molecular complexity index is 222. The van der Waals surface area contributed by atoms with Crippen molar-refractivity contribution >= 4 is 6.41 Å². The third kappa shape index (κ3) is 15.6. The molecule has 0 spiro atoms. The lowest BCUT2D eigenvalue weighted by Crippen LogP contribution is -2.31. The zero-order valence-electron chi connectivity index (χ0n) is 15.5. The minimum Gasteiger partial charge on any atom is -0.351 e. The summed E-state index contributed by atoms with van der Waals surface area (Å²) in [7, 11) is 5.62. The maximum Gasteiger partial charge on any atom is 0.209 e. The highest BCUT2D eigenvalue weighted by atomic mass is 16.1. The molecule has 2 unspecified atom stereocenters. The molecular weight excluding hydrogens is 262 g/mol. The quantitative estimate of drug-likeness (QED) is 0.734. The molecule has 0 saturated carbocycles. The Morgan fingerprint density at radius 2 is 1.71 bits per heavy atom. The normalized spacial score (nSPS) is 20.2. The average Bonchev–Trinajstić information content (AvgIpc) is 2.91. The molecule has 4 heteroatoms. The number of unbranched alkanes of at least 4 members (excludes halogenated alkanes) is 1. The van der Waals surface area contributed by atoms with Crippen LogP contribution in [0.15, 0.2) is 0 Å². The van der Waals surface area contributed by atoms with Crippen molar-refractivity contribution in [2.75, 3.05) is 34.2 Å². The second kappa shape index (κ2) is 15.8. The second-order valence-electron chi connectivity index (χ2n) is 5.86. The van der Waals surface area contributed by atoms with Crippen molar-refractivity contribution in [3.8, 4) is 0 Å². The lowest BCUT2D eigenvalue weighted by atomic mass is 10.1. The van der Waals surface area contributed by atoms with Crippen LogP contribution in [0.2, 0.25) is 0 Å². The summed E-state index contributed by atoms with van der Waals surface area (Å²) < 4.78 is 0. The second-order valence-corrected chi connectivity index (χ2v) is 5.86. The predicted octanol–water partition coefficient (Wildman–Crippen LogP) is 2.98. The van der Waals surface area contributed by atoms with Crippen LogP contribution in [0.4, 0.5) is 0 Å². The molecule has 1 rings (SSSR count). The van der Waals surface area contributed by atoms with Gasteiger partial charge in [0.05, 0.1) is 0 Å². The molecule has 21 heavy (non-hydrogen) atoms. The van der Waals surface area contributed by atoms with Gasteiger partial charge in [0.2, 0.25) is 6.41 Å². The van der Waals surface area contributed by atoms with Crippen molar-refractivity contribution in [1.29, 1.82) is 0 Å². The van der Waals surface area contributed by atoms with E-state index >= 15 is 0 Å². The molecule has 1 aliphatic heterocycles. The van der Waals surface area contributed by atoms with Gasteiger partial charge in [0.15, 0.2) is 0 Å². The molecule has 0 aromatic heterocycles. The summed E-state index contributed by atoms with van der Waals surface area (Å²) in [4.78, 5) is 13.3. The first-order chi connectivity index (χ1) is 9.99. The molecule has 2 atom stereocenters. The van der Waals surface area contributed by atoms with Crippen molar-refractivity contribution in [3.05, 3.63) is 0 Å². The van der Waals surface area contributed by atoms with Crippen LogP contribution in [-0.4, -0.2) is 62.5 Å². The summed E-state index contributed by atoms with van der Waals surface area (Å²) in [5, 5.41) is 3.64. The summed E-state index contributed by atoms with van der Waals surface area (Å²) in [6.07, 6.45) is 7.46. The molecule has 0 aromatic rings. The number of nitrogens with one attached hydrogen (secondary N) is 1. The van der Waals surface area contributed by atoms with Gasteiger partial charge in [0.25, 0.3) is 0 Å². The van der Waals surface area contributed by atoms with Crippen LogP contribution >= 0.6 is 0 Å². The molecule has 0 radical (unpaired) electrons. The number of hydrogen-bond donors (Lipinski definition) is 1. The van der Waals surface area contributed by atoms with Gasteiger partial charge in [-0.15, -0.1) is 0 Å². The minimum absolute atomic E-state index is 0.750. The lowest BCUT2D eigenvalue weighted by molar-refractivity contribution is -0.115. The minimum atomic E-state index is 0.750. The van der Waals surface area contributed by atoms with Gasteiger partial charge in [0, 0.05) is 26.2 Å². The SMILES string of the molecule is CC.CCCCN(C)CCC1CCC(C)N1.CN(C)C=O. The van der Waals surface area contributed by atoms with Crippen molar-refractivity contribution in [2.45, 2.75) is 71.9 Å². The van der Waals surface area contributed by atoms with Crippen LogP contribution in [0.25, 0.3) is 0 Å². The van der Waals surface area contributed by atoms with Crippen LogP contribution in [0.5, 0.6) is 0 Å². The van der Waals surface area contributed by atoms with Crippen LogP contribution in [0.3, 0.4) is 0 Å². The van der Waals surface area contributed by atoms with E-state index in [1.807, 2.05) is 13.8 Å². The average molecular weight is 302 g/mol. The molecule has 4 nitrogen and oxygen atoms in total. The highest BCUT2D eigenvalue weighted by Crippen LogP contribution is 2.14. The van der Waals surface area contributed by atoms with E-state index in [2.05, 4.69) is 31.1 Å². The van der Waals surface area contributed by atoms with E-state index in [1.165, 1.54) is 50.1 Å². The molecule has 1 saturated heterocycles. The predicted molar refractivity (Wildman–Crippen MR) is 93.7 cm³/mol. The standard InChI is InChI=1S/C12H26N2.C3H7NO.C2H6/c1-4-5-9-14(3)10-8-12-7-6-11(2)13-12;1-4(2)3-5;1-2/h11-13H,4-10H2,1-3H3;3H,1-2H3;1-2H3. The largest absolute Gasteiger partial charge is 0.351 e. The lowest BCUT2D eigenvalue weighted by Gasteiger charge is -2.19. The molecular formula is C17H39N3O. The van der Waals surface area contributed by atoms with Gasteiger partial charge in [-0.3, -0.25) is 4.79 Å². The van der Waals surface area contributed by atoms with E-state index in [4.69, 9.17) is 0 Å². The van der Waals surface area contributed by atoms with Gasteiger partial charge in [-0.25, -0.2) is 0 Å². The number of hydrogen-bond acceptors (Lipinski definition) is 3. The molecule has 0 bridgehead atoms. The van der Waals surface area contributed by atoms with E-state index in [-0.39, 0.29) is 0 Å². The summed E-state index contributed by atoms with van der Waals surface area (Å²) >= 11 is 0. The van der Waals surface area contributed by atoms with Gasteiger partial charge in [-0.2, -0.15) is 0 Å². The Balaban J connectivity index is 0. The zero-order chi connectivity index (χ0) is 16.7. The summed E-state index contributed by atoms with van der Waals surface area (Å²) in [5.41, 5.74) is 0. The van der Waals surface area contributed by atoms with Gasteiger partial charge < -0.3 is 15.1 Å². The monoisotopic (exact) mass is 301 g/mol. The highest BCUT2D eigenvalue weighted by Gasteiger charge is 2.19. The molecule has 128 valence electrons. The maximum absolute atomic E-state index is 9.43. The molecule has 1 N–H and O–H groups in total. The molecule has 0 aromatic carbocycles. The van der Waals surface area contributed by atoms with Crippen molar-refractivity contribution < 1.29 is 4.79 Å². The van der Waals surface area contributed by atoms with E-state index in [0.717, 1.165) is 18.5 Å². The van der Waals surface area contributed by atoms with Gasteiger partial charge in [-0.05, 0) is 52.7 Å². The van der Waals surface area contributed by atoms with Crippen LogP contribution in [-0.2, 0) is 4.79 Å². The summed E-state index contributed by atoms with van der Waals surface area (Å²) in [6, 6.07) is 1.54. The van der Waals surface area contributed by atoms with Crippen LogP contribution < -0.4 is 5.32 Å². The number of amides is 1. The van der Waals surface area contributed by atoms with Gasteiger partial charge >= 0.3 is 0 Å². The number of rotatable bonds is 7. The topological polar surface area (TPSA) is 35.6 Å². The Kier molecular flexibility index (Phi) is 17.0. The summed E-state index contributed by atoms with van der Waals surface area (Å²) in [5.74, 6) is 0. The number of carbonyl (C=O) groups excluding carboxylic acids is 1. The van der Waals surface area contributed by atoms with E-state index in [1.54, 1.807) is 14.1 Å². The van der Waals surface area contributed by atoms with Gasteiger partial charge in [0.1, 0.15) is 0 Å². The molecule has 1 fully saturated rings. The Morgan fingerprint density at radius 1 is 1.14 bits per heavy atom. The van der Waals surface area contributed by atoms with Crippen molar-refractivity contribution in [3.63, 3.8) is 0 Å². The van der Waals surface area contributed by atoms with Crippen molar-refractivity contribution in [1.82, 2.24) is 15.1 Å². The smallest absolute Gasteiger partial charge is 0.209 e. The first-order valence-corrected chi connectivity index (χ1v) is 8.55. The van der Waals surface area contributed by atoms with Crippen LogP contribution in [0.1, 0.15) is 59.8 Å². The van der Waals surface area contributed by atoms with Gasteiger partial charge in [-0.1, -0.05) is 27.2 Å². The first-order valence-electron chi connectivity index (χ1n) is 8.55. The fraction of sp³-hybridized carbons (Fsp3) is 0.941. The van der Waals surface area contributed by atoms with E-state index in [0.29, 0.717) is 0 Å². The Morgan fingerprint density at radius 3 is 2.10 bits per heavy atom. The van der Waals surface area contributed by atoms with Crippen LogP contribution in [0, 0.1) is 0 Å². The Hall–Kier alpha value is -0.610. The number of carbonyl (C=O) groups is 1. The third-order valence-corrected chi connectivity index (χ3v) is 3.43. The molecule has 1 heterocycles. The number of nitrogens with zero attached hydrogens (tertiary/aromatic N) is 2. The van der Waals surface area contributed by atoms with E-state index < -0.39 is 0 Å². The maximum atomic E-state index is 9.43. The first kappa shape index (κ1) is 22.7. The Labute approximate surface area is 133 Å². The summed E-state index contributed by atoms with van der Waals surface area (Å²) in [6.45, 7) is 11.1. The zero-order valence-corrected chi connectivity index (χ0v) is 15.5. The molecule has 1 amide bonds.